The van der Waals surface area contributed by atoms with Gasteiger partial charge in [-0.15, -0.1) is 0 Å². The Morgan fingerprint density at radius 2 is 2.31 bits per heavy atom. The summed E-state index contributed by atoms with van der Waals surface area (Å²) in [5.41, 5.74) is 7.95. The van der Waals surface area contributed by atoms with Gasteiger partial charge in [-0.25, -0.2) is 0 Å². The molecule has 6 heteroatoms. The maximum absolute atomic E-state index is 11.0. The molecule has 0 heterocycles. The Labute approximate surface area is 77.3 Å². The standard InChI is InChI=1S/C7H15N5O/c1-9-6-3-7(13)10-4-2-5-11-12-8/h9H,2-6H2,1H3,(H,10,13). The second-order valence-electron chi connectivity index (χ2n) is 2.51. The van der Waals surface area contributed by atoms with Crippen LogP contribution in [0.2, 0.25) is 0 Å². The number of amides is 1. The highest BCUT2D eigenvalue weighted by molar-refractivity contribution is 5.75. The molecule has 0 bridgehead atoms. The summed E-state index contributed by atoms with van der Waals surface area (Å²) in [7, 11) is 1.80. The number of hydrogen-bond donors (Lipinski definition) is 2. The van der Waals surface area contributed by atoms with Crippen molar-refractivity contribution < 1.29 is 4.79 Å². The monoisotopic (exact) mass is 185 g/mol. The molecule has 0 aliphatic rings. The summed E-state index contributed by atoms with van der Waals surface area (Å²) in [5.74, 6) is 0.0234. The van der Waals surface area contributed by atoms with E-state index in [2.05, 4.69) is 20.7 Å². The van der Waals surface area contributed by atoms with E-state index in [-0.39, 0.29) is 5.91 Å². The van der Waals surface area contributed by atoms with Crippen molar-refractivity contribution in [2.45, 2.75) is 12.8 Å². The van der Waals surface area contributed by atoms with Crippen LogP contribution in [0.25, 0.3) is 10.4 Å². The second kappa shape index (κ2) is 8.83. The summed E-state index contributed by atoms with van der Waals surface area (Å²) in [6.07, 6.45) is 1.17. The zero-order valence-corrected chi connectivity index (χ0v) is 7.79. The number of carbonyl (C=O) groups is 1. The van der Waals surface area contributed by atoms with Gasteiger partial charge in [0, 0.05) is 31.0 Å². The van der Waals surface area contributed by atoms with Crippen molar-refractivity contribution in [2.75, 3.05) is 26.7 Å². The summed E-state index contributed by atoms with van der Waals surface area (Å²) >= 11 is 0. The van der Waals surface area contributed by atoms with Gasteiger partial charge < -0.3 is 10.6 Å². The molecule has 1 amide bonds. The van der Waals surface area contributed by atoms with Crippen molar-refractivity contribution in [1.29, 1.82) is 0 Å². The minimum atomic E-state index is 0.0234. The van der Waals surface area contributed by atoms with E-state index in [4.69, 9.17) is 5.53 Å². The average Bonchev–Trinajstić information content (AvgIpc) is 2.14. The fraction of sp³-hybridized carbons (Fsp3) is 0.857. The van der Waals surface area contributed by atoms with Crippen LogP contribution in [0.4, 0.5) is 0 Å². The molecule has 0 aromatic rings. The molecule has 13 heavy (non-hydrogen) atoms. The number of carbonyl (C=O) groups excluding carboxylic acids is 1. The number of nitrogens with zero attached hydrogens (tertiary/aromatic N) is 3. The quantitative estimate of drug-likeness (QED) is 0.260. The average molecular weight is 185 g/mol. The lowest BCUT2D eigenvalue weighted by atomic mass is 10.3. The second-order valence-corrected chi connectivity index (χ2v) is 2.51. The first kappa shape index (κ1) is 11.7. The first-order chi connectivity index (χ1) is 6.31. The molecule has 2 N–H and O–H groups in total. The molecule has 0 saturated carbocycles. The third-order valence-corrected chi connectivity index (χ3v) is 1.42. The highest BCUT2D eigenvalue weighted by Crippen LogP contribution is 1.81. The lowest BCUT2D eigenvalue weighted by Gasteiger charge is -2.02. The van der Waals surface area contributed by atoms with Crippen LogP contribution in [-0.2, 0) is 4.79 Å². The summed E-state index contributed by atoms with van der Waals surface area (Å²) in [4.78, 5) is 13.6. The van der Waals surface area contributed by atoms with Crippen LogP contribution >= 0.6 is 0 Å². The fourth-order valence-corrected chi connectivity index (χ4v) is 0.749. The van der Waals surface area contributed by atoms with Crippen molar-refractivity contribution in [1.82, 2.24) is 10.6 Å². The molecule has 6 nitrogen and oxygen atoms in total. The highest BCUT2D eigenvalue weighted by atomic mass is 16.1. The Bertz CT molecular complexity index is 187. The minimum Gasteiger partial charge on any atom is -0.356 e. The summed E-state index contributed by atoms with van der Waals surface area (Å²) in [5, 5.41) is 8.94. The largest absolute Gasteiger partial charge is 0.356 e. The first-order valence-electron chi connectivity index (χ1n) is 4.23. The van der Waals surface area contributed by atoms with Crippen molar-refractivity contribution in [3.8, 4) is 0 Å². The molecule has 0 radical (unpaired) electrons. The number of hydrogen-bond acceptors (Lipinski definition) is 3. The molecule has 0 aliphatic carbocycles. The molecule has 74 valence electrons. The van der Waals surface area contributed by atoms with E-state index in [0.29, 0.717) is 32.5 Å². The number of rotatable bonds is 7. The van der Waals surface area contributed by atoms with Gasteiger partial charge in [-0.3, -0.25) is 4.79 Å². The SMILES string of the molecule is CNCCC(=O)NCCCN=[N+]=[N-]. The van der Waals surface area contributed by atoms with Crippen molar-refractivity contribution in [3.63, 3.8) is 0 Å². The zero-order chi connectivity index (χ0) is 9.94. The molecule has 0 atom stereocenters. The topological polar surface area (TPSA) is 89.9 Å². The molecule has 0 aromatic carbocycles. The molecule has 0 rings (SSSR count). The Morgan fingerprint density at radius 3 is 2.92 bits per heavy atom. The zero-order valence-electron chi connectivity index (χ0n) is 7.79. The van der Waals surface area contributed by atoms with Gasteiger partial charge in [-0.05, 0) is 19.0 Å². The van der Waals surface area contributed by atoms with Gasteiger partial charge in [0.1, 0.15) is 0 Å². The van der Waals surface area contributed by atoms with Crippen LogP contribution in [0.5, 0.6) is 0 Å². The van der Waals surface area contributed by atoms with E-state index in [1.54, 1.807) is 7.05 Å². The normalized spacial score (nSPS) is 9.00. The Hall–Kier alpha value is -1.26. The van der Waals surface area contributed by atoms with Gasteiger partial charge in [0.15, 0.2) is 0 Å². The number of nitrogens with one attached hydrogen (secondary N) is 2. The fourth-order valence-electron chi connectivity index (χ4n) is 0.749. The molecule has 0 aromatic heterocycles. The summed E-state index contributed by atoms with van der Waals surface area (Å²) < 4.78 is 0. The predicted octanol–water partition coefficient (Wildman–Crippen LogP) is 0.412. The van der Waals surface area contributed by atoms with Gasteiger partial charge in [0.25, 0.3) is 0 Å². The summed E-state index contributed by atoms with van der Waals surface area (Å²) in [6.45, 7) is 1.69. The lowest BCUT2D eigenvalue weighted by molar-refractivity contribution is -0.120. The van der Waals surface area contributed by atoms with Crippen LogP contribution in [-0.4, -0.2) is 32.6 Å². The van der Waals surface area contributed by atoms with Crippen LogP contribution in [0.1, 0.15) is 12.8 Å². The van der Waals surface area contributed by atoms with Crippen LogP contribution in [0.3, 0.4) is 0 Å². The maximum atomic E-state index is 11.0. The third kappa shape index (κ3) is 8.65. The van der Waals surface area contributed by atoms with Crippen molar-refractivity contribution in [2.24, 2.45) is 5.11 Å². The Kier molecular flexibility index (Phi) is 7.98. The molecule has 0 aliphatic heterocycles. The van der Waals surface area contributed by atoms with Gasteiger partial charge in [-0.1, -0.05) is 5.11 Å². The van der Waals surface area contributed by atoms with Crippen molar-refractivity contribution >= 4 is 5.91 Å². The van der Waals surface area contributed by atoms with Crippen LogP contribution in [0, 0.1) is 0 Å². The maximum Gasteiger partial charge on any atom is 0.221 e. The smallest absolute Gasteiger partial charge is 0.221 e. The van der Waals surface area contributed by atoms with Crippen molar-refractivity contribution in [3.05, 3.63) is 10.4 Å². The van der Waals surface area contributed by atoms with Gasteiger partial charge in [0.05, 0.1) is 0 Å². The molecule has 0 saturated heterocycles. The summed E-state index contributed by atoms with van der Waals surface area (Å²) in [6, 6.07) is 0. The van der Waals surface area contributed by atoms with Crippen LogP contribution in [0.15, 0.2) is 5.11 Å². The number of azide groups is 1. The van der Waals surface area contributed by atoms with Gasteiger partial charge in [-0.2, -0.15) is 0 Å². The molecule has 0 spiro atoms. The third-order valence-electron chi connectivity index (χ3n) is 1.42. The van der Waals surface area contributed by atoms with E-state index < -0.39 is 0 Å². The molecular weight excluding hydrogens is 170 g/mol. The Balaban J connectivity index is 3.21. The van der Waals surface area contributed by atoms with Crippen LogP contribution < -0.4 is 10.6 Å². The first-order valence-corrected chi connectivity index (χ1v) is 4.23. The van der Waals surface area contributed by atoms with E-state index in [1.807, 2.05) is 0 Å². The van der Waals surface area contributed by atoms with E-state index in [1.165, 1.54) is 0 Å². The molecule has 0 fully saturated rings. The highest BCUT2D eigenvalue weighted by Gasteiger charge is 1.97. The molecular formula is C7H15N5O. The van der Waals surface area contributed by atoms with Gasteiger partial charge >= 0.3 is 0 Å². The van der Waals surface area contributed by atoms with Gasteiger partial charge in [0.2, 0.25) is 5.91 Å². The minimum absolute atomic E-state index is 0.0234. The van der Waals surface area contributed by atoms with E-state index in [9.17, 15) is 4.79 Å². The lowest BCUT2D eigenvalue weighted by Crippen LogP contribution is -2.27. The molecule has 0 unspecified atom stereocenters. The predicted molar refractivity (Wildman–Crippen MR) is 50.2 cm³/mol. The Morgan fingerprint density at radius 1 is 1.54 bits per heavy atom. The van der Waals surface area contributed by atoms with E-state index in [0.717, 1.165) is 0 Å². The van der Waals surface area contributed by atoms with E-state index >= 15 is 0 Å².